The predicted octanol–water partition coefficient (Wildman–Crippen LogP) is 1.41. The van der Waals surface area contributed by atoms with Crippen LogP contribution < -0.4 is 10.1 Å². The van der Waals surface area contributed by atoms with Crippen LogP contribution >= 0.6 is 0 Å². The molecule has 0 bridgehead atoms. The minimum absolute atomic E-state index is 0.250. The lowest BCUT2D eigenvalue weighted by atomic mass is 10.3. The van der Waals surface area contributed by atoms with Gasteiger partial charge in [-0.1, -0.05) is 18.2 Å². The van der Waals surface area contributed by atoms with Gasteiger partial charge in [0.15, 0.2) is 0 Å². The van der Waals surface area contributed by atoms with Crippen molar-refractivity contribution in [1.29, 1.82) is 5.41 Å². The van der Waals surface area contributed by atoms with Crippen LogP contribution in [0.1, 0.15) is 0 Å². The average molecular weight is 244 g/mol. The minimum atomic E-state index is -0.577. The lowest BCUT2D eigenvalue weighted by Gasteiger charge is -2.14. The summed E-state index contributed by atoms with van der Waals surface area (Å²) in [5.74, 6) is 0.753. The highest BCUT2D eigenvalue weighted by atomic mass is 16.5. The third kappa shape index (κ3) is 3.75. The van der Waals surface area contributed by atoms with Crippen molar-refractivity contribution in [2.75, 3.05) is 6.61 Å². The zero-order valence-corrected chi connectivity index (χ0v) is 9.99. The molecule has 18 heavy (non-hydrogen) atoms. The number of ether oxygens (including phenoxy) is 1. The number of para-hydroxylation sites is 1. The van der Waals surface area contributed by atoms with Gasteiger partial charge in [-0.25, -0.2) is 0 Å². The molecule has 0 spiro atoms. The zero-order valence-electron chi connectivity index (χ0n) is 9.99. The van der Waals surface area contributed by atoms with Gasteiger partial charge in [0, 0.05) is 12.4 Å². The van der Waals surface area contributed by atoms with Crippen LogP contribution in [0.4, 0.5) is 0 Å². The van der Waals surface area contributed by atoms with Crippen LogP contribution in [0.2, 0.25) is 0 Å². The molecule has 1 aromatic heterocycles. The van der Waals surface area contributed by atoms with E-state index in [0.717, 1.165) is 5.75 Å². The highest BCUT2D eigenvalue weighted by Crippen LogP contribution is 2.08. The Morgan fingerprint density at radius 3 is 2.44 bits per heavy atom. The van der Waals surface area contributed by atoms with Crippen molar-refractivity contribution in [1.82, 2.24) is 4.57 Å². The summed E-state index contributed by atoms with van der Waals surface area (Å²) < 4.78 is 7.29. The molecule has 1 aromatic carbocycles. The Balaban J connectivity index is 1.83. The number of pyridine rings is 1. The SMILES string of the molecule is N=c1ccn(CC(O)COc2ccccc2)cc1. The van der Waals surface area contributed by atoms with Gasteiger partial charge < -0.3 is 19.8 Å². The predicted molar refractivity (Wildman–Crippen MR) is 68.2 cm³/mol. The van der Waals surface area contributed by atoms with E-state index in [4.69, 9.17) is 10.1 Å². The fourth-order valence-electron chi connectivity index (χ4n) is 1.58. The van der Waals surface area contributed by atoms with Gasteiger partial charge in [-0.3, -0.25) is 0 Å². The maximum atomic E-state index is 9.84. The Bertz CT molecular complexity index is 516. The second kappa shape index (κ2) is 6.02. The Morgan fingerprint density at radius 1 is 1.11 bits per heavy atom. The quantitative estimate of drug-likeness (QED) is 0.835. The first kappa shape index (κ1) is 12.4. The molecule has 0 saturated heterocycles. The maximum Gasteiger partial charge on any atom is 0.119 e. The van der Waals surface area contributed by atoms with Crippen molar-refractivity contribution in [3.05, 3.63) is 60.2 Å². The largest absolute Gasteiger partial charge is 0.491 e. The number of aliphatic hydroxyl groups excluding tert-OH is 1. The molecule has 1 atom stereocenters. The lowest BCUT2D eigenvalue weighted by Crippen LogP contribution is -2.23. The Labute approximate surface area is 106 Å². The van der Waals surface area contributed by atoms with Gasteiger partial charge in [0.25, 0.3) is 0 Å². The van der Waals surface area contributed by atoms with Gasteiger partial charge in [0.1, 0.15) is 18.5 Å². The molecule has 2 aromatic rings. The van der Waals surface area contributed by atoms with Crippen LogP contribution in [-0.4, -0.2) is 22.4 Å². The molecule has 0 radical (unpaired) electrons. The number of aromatic nitrogens is 1. The van der Waals surface area contributed by atoms with Crippen molar-refractivity contribution in [2.45, 2.75) is 12.6 Å². The third-order valence-corrected chi connectivity index (χ3v) is 2.50. The molecule has 1 unspecified atom stereocenters. The van der Waals surface area contributed by atoms with E-state index < -0.39 is 6.10 Å². The number of aliphatic hydroxyl groups is 1. The second-order valence-electron chi connectivity index (χ2n) is 4.06. The van der Waals surface area contributed by atoms with Crippen molar-refractivity contribution < 1.29 is 9.84 Å². The number of nitrogens with zero attached hydrogens (tertiary/aromatic N) is 1. The molecular weight excluding hydrogens is 228 g/mol. The molecule has 4 nitrogen and oxygen atoms in total. The first-order valence-electron chi connectivity index (χ1n) is 5.80. The fraction of sp³-hybridized carbons (Fsp3) is 0.214. The van der Waals surface area contributed by atoms with E-state index in [9.17, 15) is 5.11 Å². The number of hydrogen-bond acceptors (Lipinski definition) is 3. The molecule has 0 aliphatic heterocycles. The number of nitrogens with one attached hydrogen (secondary N) is 1. The Morgan fingerprint density at radius 2 is 1.78 bits per heavy atom. The van der Waals surface area contributed by atoms with Crippen LogP contribution in [0.3, 0.4) is 0 Å². The summed E-state index contributed by atoms with van der Waals surface area (Å²) in [6.45, 7) is 0.701. The van der Waals surface area contributed by atoms with Crippen molar-refractivity contribution in [3.8, 4) is 5.75 Å². The van der Waals surface area contributed by atoms with E-state index in [-0.39, 0.29) is 6.61 Å². The Kier molecular flexibility index (Phi) is 4.15. The second-order valence-corrected chi connectivity index (χ2v) is 4.06. The van der Waals surface area contributed by atoms with E-state index in [1.165, 1.54) is 0 Å². The lowest BCUT2D eigenvalue weighted by molar-refractivity contribution is 0.0923. The monoisotopic (exact) mass is 244 g/mol. The molecule has 4 heteroatoms. The fourth-order valence-corrected chi connectivity index (χ4v) is 1.58. The standard InChI is InChI=1S/C14H16N2O2/c15-12-6-8-16(9-7-12)10-13(17)11-18-14-4-2-1-3-5-14/h1-9,13,15,17H,10-11H2. The van der Waals surface area contributed by atoms with Crippen molar-refractivity contribution in [3.63, 3.8) is 0 Å². The summed E-state index contributed by atoms with van der Waals surface area (Å²) in [6.07, 6.45) is 2.97. The first-order valence-corrected chi connectivity index (χ1v) is 5.80. The van der Waals surface area contributed by atoms with Crippen molar-refractivity contribution >= 4 is 0 Å². The van der Waals surface area contributed by atoms with Crippen LogP contribution in [0.25, 0.3) is 0 Å². The van der Waals surface area contributed by atoms with E-state index >= 15 is 0 Å². The van der Waals surface area contributed by atoms with Gasteiger partial charge in [-0.2, -0.15) is 0 Å². The summed E-state index contributed by atoms with van der Waals surface area (Å²) in [5, 5.41) is 17.7. The van der Waals surface area contributed by atoms with Gasteiger partial charge >= 0.3 is 0 Å². The van der Waals surface area contributed by atoms with Crippen LogP contribution in [0, 0.1) is 5.41 Å². The zero-order chi connectivity index (χ0) is 12.8. The summed E-state index contributed by atoms with van der Waals surface area (Å²) >= 11 is 0. The number of rotatable bonds is 5. The van der Waals surface area contributed by atoms with E-state index in [1.807, 2.05) is 34.9 Å². The molecule has 0 saturated carbocycles. The summed E-state index contributed by atoms with van der Waals surface area (Å²) in [7, 11) is 0. The topological polar surface area (TPSA) is 58.2 Å². The maximum absolute atomic E-state index is 9.84. The molecule has 94 valence electrons. The van der Waals surface area contributed by atoms with Gasteiger partial charge in [-0.15, -0.1) is 0 Å². The van der Waals surface area contributed by atoms with Crippen LogP contribution in [0.15, 0.2) is 54.9 Å². The molecule has 0 aliphatic carbocycles. The number of benzene rings is 1. The molecule has 1 heterocycles. The summed E-state index contributed by atoms with van der Waals surface area (Å²) in [5.41, 5.74) is 0. The van der Waals surface area contributed by atoms with Gasteiger partial charge in [0.05, 0.1) is 11.9 Å². The number of hydrogen-bond donors (Lipinski definition) is 2. The van der Waals surface area contributed by atoms with Crippen molar-refractivity contribution in [2.24, 2.45) is 0 Å². The van der Waals surface area contributed by atoms with E-state index in [2.05, 4.69) is 0 Å². The first-order chi connectivity index (χ1) is 8.74. The molecular formula is C14H16N2O2. The summed E-state index contributed by atoms with van der Waals surface area (Å²) in [6, 6.07) is 12.8. The average Bonchev–Trinajstić information content (AvgIpc) is 2.40. The third-order valence-electron chi connectivity index (χ3n) is 2.50. The van der Waals surface area contributed by atoms with Gasteiger partial charge in [0.2, 0.25) is 0 Å². The molecule has 2 N–H and O–H groups in total. The highest BCUT2D eigenvalue weighted by Gasteiger charge is 2.05. The highest BCUT2D eigenvalue weighted by molar-refractivity contribution is 5.20. The van der Waals surface area contributed by atoms with Crippen LogP contribution in [-0.2, 0) is 6.54 Å². The molecule has 0 fully saturated rings. The molecule has 0 amide bonds. The van der Waals surface area contributed by atoms with E-state index in [0.29, 0.717) is 11.9 Å². The Hall–Kier alpha value is -2.07. The molecule has 0 aliphatic rings. The summed E-state index contributed by atoms with van der Waals surface area (Å²) in [4.78, 5) is 0. The van der Waals surface area contributed by atoms with Crippen LogP contribution in [0.5, 0.6) is 5.75 Å². The normalized spacial score (nSPS) is 12.1. The van der Waals surface area contributed by atoms with E-state index in [1.54, 1.807) is 24.5 Å². The smallest absolute Gasteiger partial charge is 0.119 e. The minimum Gasteiger partial charge on any atom is -0.491 e. The van der Waals surface area contributed by atoms with Gasteiger partial charge in [-0.05, 0) is 24.3 Å². The molecule has 2 rings (SSSR count).